The van der Waals surface area contributed by atoms with Gasteiger partial charge in [0.15, 0.2) is 0 Å². The van der Waals surface area contributed by atoms with E-state index in [1.54, 1.807) is 24.3 Å². The Labute approximate surface area is 176 Å². The second kappa shape index (κ2) is 8.67. The Morgan fingerprint density at radius 3 is 2.21 bits per heavy atom. The van der Waals surface area contributed by atoms with Crippen LogP contribution >= 0.6 is 11.8 Å². The summed E-state index contributed by atoms with van der Waals surface area (Å²) in [4.78, 5) is 14.8. The van der Waals surface area contributed by atoms with Crippen LogP contribution in [-0.4, -0.2) is 51.2 Å². The molecule has 4 rings (SSSR count). The van der Waals surface area contributed by atoms with Crippen LogP contribution in [0.4, 0.5) is 11.4 Å². The quantitative estimate of drug-likeness (QED) is 0.788. The molecule has 2 saturated heterocycles. The van der Waals surface area contributed by atoms with Gasteiger partial charge in [-0.2, -0.15) is 11.8 Å². The molecule has 2 fully saturated rings. The smallest absolute Gasteiger partial charge is 0.251 e. The fraction of sp³-hybridized carbons (Fsp3) is 0.381. The van der Waals surface area contributed by atoms with Crippen molar-refractivity contribution in [3.8, 4) is 0 Å². The molecule has 0 spiro atoms. The predicted octanol–water partition coefficient (Wildman–Crippen LogP) is 2.71. The van der Waals surface area contributed by atoms with Crippen LogP contribution < -0.4 is 14.5 Å². The Hall–Kier alpha value is -2.19. The molecule has 0 atom stereocenters. The van der Waals surface area contributed by atoms with Gasteiger partial charge in [0.1, 0.15) is 0 Å². The van der Waals surface area contributed by atoms with Crippen LogP contribution in [0.25, 0.3) is 0 Å². The molecule has 1 N–H and O–H groups in total. The van der Waals surface area contributed by atoms with Crippen molar-refractivity contribution in [2.24, 2.45) is 0 Å². The molecule has 0 bridgehead atoms. The molecule has 6 nitrogen and oxygen atoms in total. The topological polar surface area (TPSA) is 69.7 Å². The number of carbonyl (C=O) groups is 1. The number of hydrogen-bond donors (Lipinski definition) is 1. The summed E-state index contributed by atoms with van der Waals surface area (Å²) in [5.41, 5.74) is 3.42. The molecular weight excluding hydrogens is 406 g/mol. The second-order valence-electron chi connectivity index (χ2n) is 7.24. The van der Waals surface area contributed by atoms with E-state index in [1.165, 1.54) is 21.5 Å². The zero-order valence-electron chi connectivity index (χ0n) is 16.2. The highest BCUT2D eigenvalue weighted by molar-refractivity contribution is 7.99. The molecule has 1 amide bonds. The average Bonchev–Trinajstić information content (AvgIpc) is 3.12. The Morgan fingerprint density at radius 2 is 1.59 bits per heavy atom. The second-order valence-corrected chi connectivity index (χ2v) is 10.5. The summed E-state index contributed by atoms with van der Waals surface area (Å²) in [5.74, 6) is 2.35. The Bertz CT molecular complexity index is 954. The lowest BCUT2D eigenvalue weighted by atomic mass is 10.1. The van der Waals surface area contributed by atoms with Crippen LogP contribution in [0.5, 0.6) is 0 Å². The Balaban J connectivity index is 1.33. The van der Waals surface area contributed by atoms with E-state index in [0.717, 1.165) is 18.7 Å². The standard InChI is InChI=1S/C21H25N3O3S2/c25-21(18-4-8-20(9-5-18)24-10-1-15-29(24,26)27)22-16-17-2-6-19(7-3-17)23-11-13-28-14-12-23/h2-9H,1,10-16H2,(H,22,25). The molecule has 0 saturated carbocycles. The summed E-state index contributed by atoms with van der Waals surface area (Å²) in [5, 5.41) is 2.93. The molecule has 0 unspecified atom stereocenters. The van der Waals surface area contributed by atoms with Gasteiger partial charge >= 0.3 is 0 Å². The van der Waals surface area contributed by atoms with Crippen LogP contribution in [0.2, 0.25) is 0 Å². The summed E-state index contributed by atoms with van der Waals surface area (Å²) in [6, 6.07) is 15.1. The first-order valence-corrected chi connectivity index (χ1v) is 12.6. The minimum atomic E-state index is -3.20. The van der Waals surface area contributed by atoms with Crippen molar-refractivity contribution in [2.75, 3.05) is 46.1 Å². The summed E-state index contributed by atoms with van der Waals surface area (Å²) in [6.07, 6.45) is 0.639. The van der Waals surface area contributed by atoms with E-state index < -0.39 is 10.0 Å². The van der Waals surface area contributed by atoms with Gasteiger partial charge in [-0.3, -0.25) is 9.10 Å². The summed E-state index contributed by atoms with van der Waals surface area (Å²) < 4.78 is 25.4. The van der Waals surface area contributed by atoms with Gasteiger partial charge in [0.25, 0.3) is 5.91 Å². The lowest BCUT2D eigenvalue weighted by Crippen LogP contribution is -2.32. The maximum Gasteiger partial charge on any atom is 0.251 e. The minimum Gasteiger partial charge on any atom is -0.370 e. The third-order valence-corrected chi connectivity index (χ3v) is 8.09. The molecule has 2 aromatic rings. The molecule has 0 radical (unpaired) electrons. The van der Waals surface area contributed by atoms with Crippen LogP contribution in [-0.2, 0) is 16.6 Å². The van der Waals surface area contributed by atoms with Gasteiger partial charge in [0.05, 0.1) is 11.4 Å². The molecule has 154 valence electrons. The molecule has 29 heavy (non-hydrogen) atoms. The number of thioether (sulfide) groups is 1. The van der Waals surface area contributed by atoms with E-state index in [0.29, 0.717) is 30.8 Å². The lowest BCUT2D eigenvalue weighted by Gasteiger charge is -2.28. The largest absolute Gasteiger partial charge is 0.370 e. The maximum atomic E-state index is 12.4. The van der Waals surface area contributed by atoms with E-state index >= 15 is 0 Å². The predicted molar refractivity (Wildman–Crippen MR) is 119 cm³/mol. The van der Waals surface area contributed by atoms with Crippen molar-refractivity contribution in [3.05, 3.63) is 59.7 Å². The number of benzene rings is 2. The van der Waals surface area contributed by atoms with Crippen molar-refractivity contribution in [1.29, 1.82) is 0 Å². The van der Waals surface area contributed by atoms with Crippen molar-refractivity contribution < 1.29 is 13.2 Å². The first-order chi connectivity index (χ1) is 14.0. The van der Waals surface area contributed by atoms with Gasteiger partial charge in [-0.1, -0.05) is 12.1 Å². The number of carbonyl (C=O) groups excluding carboxylic acids is 1. The van der Waals surface area contributed by atoms with E-state index in [1.807, 2.05) is 11.8 Å². The van der Waals surface area contributed by atoms with E-state index in [9.17, 15) is 13.2 Å². The van der Waals surface area contributed by atoms with Gasteiger partial charge in [0, 0.05) is 48.9 Å². The molecule has 2 aliphatic heterocycles. The van der Waals surface area contributed by atoms with Crippen molar-refractivity contribution in [1.82, 2.24) is 5.32 Å². The van der Waals surface area contributed by atoms with Crippen LogP contribution in [0, 0.1) is 0 Å². The average molecular weight is 432 g/mol. The highest BCUT2D eigenvalue weighted by atomic mass is 32.2. The minimum absolute atomic E-state index is 0.169. The third-order valence-electron chi connectivity index (χ3n) is 5.28. The number of amides is 1. The molecule has 2 heterocycles. The molecule has 2 aromatic carbocycles. The first kappa shape index (κ1) is 20.1. The number of sulfonamides is 1. The first-order valence-electron chi connectivity index (χ1n) is 9.83. The fourth-order valence-electron chi connectivity index (χ4n) is 3.64. The van der Waals surface area contributed by atoms with Crippen LogP contribution in [0.3, 0.4) is 0 Å². The number of anilines is 2. The lowest BCUT2D eigenvalue weighted by molar-refractivity contribution is 0.0951. The highest BCUT2D eigenvalue weighted by Gasteiger charge is 2.28. The highest BCUT2D eigenvalue weighted by Crippen LogP contribution is 2.24. The summed E-state index contributed by atoms with van der Waals surface area (Å²) in [7, 11) is -3.20. The fourth-order valence-corrected chi connectivity index (χ4v) is 6.11. The van der Waals surface area contributed by atoms with Gasteiger partial charge < -0.3 is 10.2 Å². The molecule has 8 heteroatoms. The van der Waals surface area contributed by atoms with Crippen LogP contribution in [0.15, 0.2) is 48.5 Å². The van der Waals surface area contributed by atoms with Crippen LogP contribution in [0.1, 0.15) is 22.3 Å². The zero-order chi connectivity index (χ0) is 20.3. The zero-order valence-corrected chi connectivity index (χ0v) is 17.8. The Morgan fingerprint density at radius 1 is 0.931 bits per heavy atom. The monoisotopic (exact) mass is 431 g/mol. The summed E-state index contributed by atoms with van der Waals surface area (Å²) >= 11 is 1.99. The number of nitrogens with zero attached hydrogens (tertiary/aromatic N) is 2. The van der Waals surface area contributed by atoms with Gasteiger partial charge in [-0.15, -0.1) is 0 Å². The SMILES string of the molecule is O=C(NCc1ccc(N2CCSCC2)cc1)c1ccc(N2CCCS2(=O)=O)cc1. The third kappa shape index (κ3) is 4.70. The molecular formula is C21H25N3O3S2. The summed E-state index contributed by atoms with van der Waals surface area (Å²) in [6.45, 7) is 3.11. The maximum absolute atomic E-state index is 12.4. The van der Waals surface area contributed by atoms with Crippen molar-refractivity contribution in [2.45, 2.75) is 13.0 Å². The Kier molecular flexibility index (Phi) is 6.01. The molecule has 2 aliphatic rings. The van der Waals surface area contributed by atoms with E-state index in [-0.39, 0.29) is 11.7 Å². The number of hydrogen-bond acceptors (Lipinski definition) is 5. The van der Waals surface area contributed by atoms with Gasteiger partial charge in [-0.05, 0) is 48.4 Å². The van der Waals surface area contributed by atoms with E-state index in [2.05, 4.69) is 34.5 Å². The molecule has 0 aliphatic carbocycles. The van der Waals surface area contributed by atoms with Crippen molar-refractivity contribution >= 4 is 39.1 Å². The van der Waals surface area contributed by atoms with Gasteiger partial charge in [0.2, 0.25) is 10.0 Å². The molecule has 0 aromatic heterocycles. The van der Waals surface area contributed by atoms with E-state index in [4.69, 9.17) is 0 Å². The number of rotatable bonds is 5. The normalized spacial score (nSPS) is 18.6. The van der Waals surface area contributed by atoms with Crippen molar-refractivity contribution in [3.63, 3.8) is 0 Å². The van der Waals surface area contributed by atoms with Gasteiger partial charge in [-0.25, -0.2) is 8.42 Å². The number of nitrogens with one attached hydrogen (secondary N) is 1.